The van der Waals surface area contributed by atoms with Crippen molar-refractivity contribution in [3.63, 3.8) is 0 Å². The zero-order valence-corrected chi connectivity index (χ0v) is 24.6. The number of amides is 1. The highest BCUT2D eigenvalue weighted by molar-refractivity contribution is 5.83. The first-order chi connectivity index (χ1) is 20.9. The third-order valence-electron chi connectivity index (χ3n) is 7.28. The van der Waals surface area contributed by atoms with Crippen LogP contribution in [0.3, 0.4) is 0 Å². The van der Waals surface area contributed by atoms with E-state index < -0.39 is 24.0 Å². The number of aromatic nitrogens is 2. The monoisotopic (exact) mass is 579 g/mol. The molecule has 3 aromatic carbocycles. The second-order valence-electron chi connectivity index (χ2n) is 10.2. The maximum absolute atomic E-state index is 13.9. The summed E-state index contributed by atoms with van der Waals surface area (Å²) in [5.74, 6) is -0.155. The van der Waals surface area contributed by atoms with Crippen LogP contribution >= 0.6 is 0 Å². The second-order valence-corrected chi connectivity index (χ2v) is 10.2. The summed E-state index contributed by atoms with van der Waals surface area (Å²) >= 11 is 0. The molecule has 1 amide bonds. The highest BCUT2D eigenvalue weighted by Gasteiger charge is 2.27. The van der Waals surface area contributed by atoms with Gasteiger partial charge in [0.15, 0.2) is 0 Å². The summed E-state index contributed by atoms with van der Waals surface area (Å²) in [6.07, 6.45) is 6.35. The van der Waals surface area contributed by atoms with Gasteiger partial charge in [0.25, 0.3) is 5.56 Å². The van der Waals surface area contributed by atoms with Crippen LogP contribution in [0.5, 0.6) is 5.75 Å². The van der Waals surface area contributed by atoms with Crippen molar-refractivity contribution in [1.29, 1.82) is 0 Å². The van der Waals surface area contributed by atoms with Gasteiger partial charge in [0, 0.05) is 5.56 Å². The second kappa shape index (κ2) is 14.8. The summed E-state index contributed by atoms with van der Waals surface area (Å²) < 4.78 is 12.4. The molecule has 8 nitrogen and oxygen atoms in total. The lowest BCUT2D eigenvalue weighted by Gasteiger charge is -2.24. The van der Waals surface area contributed by atoms with E-state index in [1.807, 2.05) is 49.4 Å². The molecule has 0 saturated carbocycles. The van der Waals surface area contributed by atoms with Crippen LogP contribution in [0, 0.1) is 6.92 Å². The Morgan fingerprint density at radius 3 is 2.56 bits per heavy atom. The van der Waals surface area contributed by atoms with Gasteiger partial charge in [0.2, 0.25) is 5.91 Å². The topological polar surface area (TPSA) is 99.5 Å². The molecule has 0 spiro atoms. The molecule has 0 aliphatic heterocycles. The SMILES string of the molecule is C=CCCOc1cccc(C)c1-c1cccc([C@H](CC(=O)OC)NC(=O)[C@H](CCC=C)n2cnc3ccccc3c2=O)c1. The van der Waals surface area contributed by atoms with E-state index in [9.17, 15) is 14.4 Å². The van der Waals surface area contributed by atoms with E-state index in [-0.39, 0.29) is 12.0 Å². The predicted molar refractivity (Wildman–Crippen MR) is 169 cm³/mol. The third kappa shape index (κ3) is 7.46. The first kappa shape index (κ1) is 31.0. The van der Waals surface area contributed by atoms with Crippen LogP contribution < -0.4 is 15.6 Å². The van der Waals surface area contributed by atoms with Gasteiger partial charge in [0.1, 0.15) is 11.8 Å². The van der Waals surface area contributed by atoms with Crippen molar-refractivity contribution < 1.29 is 19.1 Å². The van der Waals surface area contributed by atoms with Gasteiger partial charge >= 0.3 is 5.97 Å². The molecule has 0 aliphatic rings. The Labute approximate surface area is 251 Å². The fourth-order valence-corrected chi connectivity index (χ4v) is 5.04. The average Bonchev–Trinajstić information content (AvgIpc) is 3.02. The Morgan fingerprint density at radius 1 is 1.02 bits per heavy atom. The number of benzene rings is 3. The normalized spacial score (nSPS) is 12.2. The van der Waals surface area contributed by atoms with Crippen LogP contribution in [-0.4, -0.2) is 35.1 Å². The maximum atomic E-state index is 13.9. The molecule has 0 bridgehead atoms. The number of esters is 1. The number of para-hydroxylation sites is 1. The molecule has 43 heavy (non-hydrogen) atoms. The summed E-state index contributed by atoms with van der Waals surface area (Å²) in [7, 11) is 1.31. The molecule has 8 heteroatoms. The molecule has 0 saturated heterocycles. The number of hydrogen-bond donors (Lipinski definition) is 1. The molecule has 0 radical (unpaired) electrons. The maximum Gasteiger partial charge on any atom is 0.307 e. The molecule has 4 rings (SSSR count). The number of nitrogens with one attached hydrogen (secondary N) is 1. The smallest absolute Gasteiger partial charge is 0.307 e. The van der Waals surface area contributed by atoms with Crippen LogP contribution in [0.1, 0.15) is 48.9 Å². The van der Waals surface area contributed by atoms with E-state index in [4.69, 9.17) is 9.47 Å². The van der Waals surface area contributed by atoms with Crippen molar-refractivity contribution in [3.05, 3.63) is 120 Å². The van der Waals surface area contributed by atoms with E-state index in [1.54, 1.807) is 36.4 Å². The summed E-state index contributed by atoms with van der Waals surface area (Å²) in [4.78, 5) is 44.2. The van der Waals surface area contributed by atoms with Gasteiger partial charge in [0.05, 0.1) is 43.4 Å². The number of hydrogen-bond acceptors (Lipinski definition) is 6. The minimum absolute atomic E-state index is 0.0960. The molecule has 1 heterocycles. The molecule has 1 N–H and O–H groups in total. The van der Waals surface area contributed by atoms with Gasteiger partial charge in [-0.2, -0.15) is 0 Å². The quantitative estimate of drug-likeness (QED) is 0.108. The van der Waals surface area contributed by atoms with Crippen molar-refractivity contribution in [2.75, 3.05) is 13.7 Å². The number of fused-ring (bicyclic) bond motifs is 1. The van der Waals surface area contributed by atoms with Gasteiger partial charge in [-0.1, -0.05) is 54.6 Å². The Bertz CT molecular complexity index is 1680. The Balaban J connectivity index is 1.71. The number of nitrogens with zero attached hydrogens (tertiary/aromatic N) is 2. The van der Waals surface area contributed by atoms with E-state index in [0.717, 1.165) is 22.4 Å². The zero-order valence-electron chi connectivity index (χ0n) is 24.6. The minimum Gasteiger partial charge on any atom is -0.493 e. The van der Waals surface area contributed by atoms with Gasteiger partial charge in [-0.05, 0) is 67.1 Å². The summed E-state index contributed by atoms with van der Waals surface area (Å²) in [5.41, 5.74) is 3.78. The fourth-order valence-electron chi connectivity index (χ4n) is 5.04. The van der Waals surface area contributed by atoms with Crippen LogP contribution in [0.2, 0.25) is 0 Å². The van der Waals surface area contributed by atoms with Crippen molar-refractivity contribution in [3.8, 4) is 16.9 Å². The van der Waals surface area contributed by atoms with Crippen LogP contribution in [0.15, 0.2) is 103 Å². The van der Waals surface area contributed by atoms with E-state index in [1.165, 1.54) is 18.0 Å². The van der Waals surface area contributed by atoms with E-state index in [2.05, 4.69) is 23.5 Å². The van der Waals surface area contributed by atoms with Gasteiger partial charge < -0.3 is 14.8 Å². The Morgan fingerprint density at radius 2 is 1.79 bits per heavy atom. The largest absolute Gasteiger partial charge is 0.493 e. The zero-order chi connectivity index (χ0) is 30.8. The number of carbonyl (C=O) groups is 2. The lowest BCUT2D eigenvalue weighted by Crippen LogP contribution is -2.39. The van der Waals surface area contributed by atoms with Gasteiger partial charge in [-0.25, -0.2) is 4.98 Å². The van der Waals surface area contributed by atoms with Crippen molar-refractivity contribution in [1.82, 2.24) is 14.9 Å². The van der Waals surface area contributed by atoms with Crippen LogP contribution in [0.4, 0.5) is 0 Å². The number of rotatable bonds is 14. The van der Waals surface area contributed by atoms with E-state index in [0.29, 0.717) is 42.3 Å². The van der Waals surface area contributed by atoms with Crippen molar-refractivity contribution in [2.45, 2.75) is 44.7 Å². The van der Waals surface area contributed by atoms with E-state index >= 15 is 0 Å². The molecule has 0 fully saturated rings. The van der Waals surface area contributed by atoms with Crippen molar-refractivity contribution >= 4 is 22.8 Å². The summed E-state index contributed by atoms with van der Waals surface area (Å²) in [6, 6.07) is 19.0. The first-order valence-electron chi connectivity index (χ1n) is 14.3. The molecular weight excluding hydrogens is 542 g/mol. The first-order valence-corrected chi connectivity index (χ1v) is 14.3. The van der Waals surface area contributed by atoms with Crippen LogP contribution in [-0.2, 0) is 14.3 Å². The highest BCUT2D eigenvalue weighted by Crippen LogP contribution is 2.35. The van der Waals surface area contributed by atoms with Gasteiger partial charge in [-0.15, -0.1) is 13.2 Å². The van der Waals surface area contributed by atoms with Gasteiger partial charge in [-0.3, -0.25) is 19.0 Å². The van der Waals surface area contributed by atoms with Crippen LogP contribution in [0.25, 0.3) is 22.0 Å². The Hall–Kier alpha value is -4.98. The number of aryl methyl sites for hydroxylation is 1. The molecular formula is C35H37N3O5. The minimum atomic E-state index is -0.868. The molecule has 4 aromatic rings. The number of carbonyl (C=O) groups excluding carboxylic acids is 2. The fraction of sp³-hybridized carbons (Fsp3) is 0.257. The summed E-state index contributed by atoms with van der Waals surface area (Å²) in [5, 5.41) is 3.45. The lowest BCUT2D eigenvalue weighted by molar-refractivity contribution is -0.141. The standard InChI is InChI=1S/C35H37N3O5/c1-5-7-18-30(38-23-36-28-17-10-9-16-27(28)35(38)41)34(40)37-29(22-32(39)42-4)25-14-12-15-26(21-25)33-24(3)13-11-19-31(33)43-20-8-6-2/h5-6,9-17,19,21,23,29-30H,1-2,7-8,18,20,22H2,3-4H3,(H,37,40)/t29-,30-/m0/s1. The number of allylic oxidation sites excluding steroid dienone is 1. The molecule has 1 aromatic heterocycles. The molecule has 2 atom stereocenters. The number of ether oxygens (including phenoxy) is 2. The highest BCUT2D eigenvalue weighted by atomic mass is 16.5. The average molecular weight is 580 g/mol. The third-order valence-corrected chi connectivity index (χ3v) is 7.28. The molecule has 222 valence electrons. The Kier molecular flexibility index (Phi) is 10.6. The lowest BCUT2D eigenvalue weighted by atomic mass is 9.94. The molecule has 0 aliphatic carbocycles. The number of methoxy groups -OCH3 is 1. The summed E-state index contributed by atoms with van der Waals surface area (Å²) in [6.45, 7) is 10.0. The predicted octanol–water partition coefficient (Wildman–Crippen LogP) is 6.25. The van der Waals surface area contributed by atoms with Crippen molar-refractivity contribution in [2.24, 2.45) is 0 Å². The molecule has 0 unspecified atom stereocenters.